The molecule has 350 valence electrons. The van der Waals surface area contributed by atoms with Crippen molar-refractivity contribution in [3.8, 4) is 34.1 Å². The summed E-state index contributed by atoms with van der Waals surface area (Å²) in [6, 6.07) is 45.6. The number of hydrogen-bond acceptors (Lipinski definition) is 11. The van der Waals surface area contributed by atoms with E-state index in [0.29, 0.717) is 130 Å². The molecule has 0 saturated carbocycles. The van der Waals surface area contributed by atoms with E-state index < -0.39 is 0 Å². The van der Waals surface area contributed by atoms with Gasteiger partial charge in [0.2, 0.25) is 0 Å². The van der Waals surface area contributed by atoms with Gasteiger partial charge in [0.05, 0.1) is 92.5 Å². The largest absolute Gasteiger partial charge is 0.491 e. The average Bonchev–Trinajstić information content (AvgIpc) is 3.35. The van der Waals surface area contributed by atoms with Crippen LogP contribution in [0.2, 0.25) is 0 Å². The van der Waals surface area contributed by atoms with Crippen molar-refractivity contribution in [2.45, 2.75) is 26.3 Å². The Morgan fingerprint density at radius 3 is 1.30 bits per heavy atom. The molecule has 6 aromatic carbocycles. The number of nitrogens with two attached hydrogens (primary N) is 1. The summed E-state index contributed by atoms with van der Waals surface area (Å²) in [4.78, 5) is 0. The first-order valence-corrected chi connectivity index (χ1v) is 23.0. The molecule has 0 spiro atoms. The molecule has 6 bridgehead atoms. The first kappa shape index (κ1) is 48.4. The number of ether oxygens (including phenoxy) is 11. The van der Waals surface area contributed by atoms with Crippen LogP contribution in [0.5, 0.6) is 23.0 Å². The van der Waals surface area contributed by atoms with Crippen molar-refractivity contribution < 1.29 is 57.4 Å². The van der Waals surface area contributed by atoms with E-state index in [9.17, 15) is 0 Å². The molecule has 0 unspecified atom stereocenters. The fourth-order valence-corrected chi connectivity index (χ4v) is 7.26. The van der Waals surface area contributed by atoms with E-state index in [2.05, 4.69) is 84.2 Å². The van der Waals surface area contributed by atoms with Gasteiger partial charge in [0.1, 0.15) is 62.5 Å². The van der Waals surface area contributed by atoms with E-state index >= 15 is 0 Å². The second-order valence-electron chi connectivity index (χ2n) is 15.5. The Balaban J connectivity index is 0.854. The van der Waals surface area contributed by atoms with E-state index in [-0.39, 0.29) is 0 Å². The first-order valence-electron chi connectivity index (χ1n) is 23.0. The highest BCUT2D eigenvalue weighted by atomic mass is 16.6. The smallest absolute Gasteiger partial charge is 0.127 e. The maximum Gasteiger partial charge on any atom is 0.127 e. The summed E-state index contributed by atoms with van der Waals surface area (Å²) in [6.45, 7) is 9.67. The Hall–Kier alpha value is -5.54. The Bertz CT molecular complexity index is 2260. The molecule has 0 aromatic heterocycles. The predicted molar refractivity (Wildman–Crippen MR) is 253 cm³/mol. The quantitative estimate of drug-likeness (QED) is 0.143. The Morgan fingerprint density at radius 1 is 0.348 bits per heavy atom. The highest BCUT2D eigenvalue weighted by Crippen LogP contribution is 2.32. The topological polar surface area (TPSA) is 118 Å². The van der Waals surface area contributed by atoms with Gasteiger partial charge in [-0.05, 0) is 47.0 Å². The van der Waals surface area contributed by atoms with E-state index in [1.54, 1.807) is 0 Å². The molecule has 0 saturated heterocycles. The average molecular weight is 903 g/mol. The Kier molecular flexibility index (Phi) is 20.9. The molecule has 6 aromatic rings. The van der Waals surface area contributed by atoms with Crippen LogP contribution in [-0.2, 0) is 59.5 Å². The number of rotatable bonds is 9. The van der Waals surface area contributed by atoms with E-state index in [1.165, 1.54) is 22.3 Å². The standard InChI is InChI=1S/C54H63NO11/c1-2-6-43(7-3-1)39-55-40-44-12-16-46(17-13-44)47-18-14-45(15-19-47)41-62-42-48-38-49-20-21-52(48)64-35-31-59-27-23-57-25-29-61-33-37-66-54-11-5-8-50-51(54)9-4-10-53(50)65-36-32-60-28-24-56-22-26-58-30-34-63-49/h1-21,38,55H,22-37,39-42H2/p+1. The highest BCUT2D eigenvalue weighted by Gasteiger charge is 2.10. The number of fused-ring (bicyclic) bond motifs is 26. The normalized spacial score (nSPS) is 16.0. The molecular weight excluding hydrogens is 839 g/mol. The lowest BCUT2D eigenvalue weighted by Crippen LogP contribution is -2.80. The van der Waals surface area contributed by atoms with Crippen LogP contribution < -0.4 is 24.3 Å². The molecule has 2 aliphatic heterocycles. The molecule has 12 nitrogen and oxygen atoms in total. The third-order valence-corrected chi connectivity index (χ3v) is 10.7. The third kappa shape index (κ3) is 16.7. The molecule has 8 rings (SSSR count). The van der Waals surface area contributed by atoms with Gasteiger partial charge in [-0.15, -0.1) is 0 Å². The van der Waals surface area contributed by atoms with E-state index in [4.69, 9.17) is 52.1 Å². The second kappa shape index (κ2) is 28.5. The van der Waals surface area contributed by atoms with Gasteiger partial charge in [0.25, 0.3) is 0 Å². The number of quaternary nitrogens is 1. The Labute approximate surface area is 388 Å². The van der Waals surface area contributed by atoms with Crippen LogP contribution in [0.1, 0.15) is 22.3 Å². The van der Waals surface area contributed by atoms with Crippen LogP contribution in [-0.4, -0.2) is 106 Å². The summed E-state index contributed by atoms with van der Waals surface area (Å²) in [5.74, 6) is 2.98. The molecule has 0 fully saturated rings. The van der Waals surface area contributed by atoms with Gasteiger partial charge in [-0.25, -0.2) is 0 Å². The Morgan fingerprint density at radius 2 is 0.788 bits per heavy atom. The van der Waals surface area contributed by atoms with Crippen molar-refractivity contribution in [1.82, 2.24) is 0 Å². The molecule has 0 atom stereocenters. The lowest BCUT2D eigenvalue weighted by Gasteiger charge is -2.15. The van der Waals surface area contributed by atoms with Crippen molar-refractivity contribution in [2.24, 2.45) is 0 Å². The maximum atomic E-state index is 6.24. The van der Waals surface area contributed by atoms with Crippen molar-refractivity contribution in [1.29, 1.82) is 0 Å². The van der Waals surface area contributed by atoms with Crippen molar-refractivity contribution >= 4 is 10.8 Å². The molecule has 0 amide bonds. The summed E-state index contributed by atoms with van der Waals surface area (Å²) in [6.07, 6.45) is 0. The van der Waals surface area contributed by atoms with Crippen LogP contribution in [0, 0.1) is 0 Å². The summed E-state index contributed by atoms with van der Waals surface area (Å²) < 4.78 is 65.0. The summed E-state index contributed by atoms with van der Waals surface area (Å²) in [5.41, 5.74) is 6.96. The van der Waals surface area contributed by atoms with Crippen LogP contribution in [0.25, 0.3) is 21.9 Å². The van der Waals surface area contributed by atoms with Crippen LogP contribution in [0.15, 0.2) is 133 Å². The number of benzene rings is 6. The first-order chi connectivity index (χ1) is 32.8. The van der Waals surface area contributed by atoms with Gasteiger partial charge in [0, 0.05) is 27.5 Å². The molecule has 0 aliphatic carbocycles. The fourth-order valence-electron chi connectivity index (χ4n) is 7.26. The molecule has 66 heavy (non-hydrogen) atoms. The highest BCUT2D eigenvalue weighted by molar-refractivity contribution is 5.93. The van der Waals surface area contributed by atoms with Crippen LogP contribution >= 0.6 is 0 Å². The van der Waals surface area contributed by atoms with Crippen molar-refractivity contribution in [2.75, 3.05) is 106 Å². The van der Waals surface area contributed by atoms with Crippen molar-refractivity contribution in [3.63, 3.8) is 0 Å². The monoisotopic (exact) mass is 902 g/mol. The minimum atomic E-state index is 0.341. The van der Waals surface area contributed by atoms with E-state index in [0.717, 1.165) is 46.5 Å². The molecule has 12 heteroatoms. The zero-order chi connectivity index (χ0) is 45.1. The van der Waals surface area contributed by atoms with Gasteiger partial charge >= 0.3 is 0 Å². The lowest BCUT2D eigenvalue weighted by atomic mass is 10.0. The molecular formula is C54H64NO11+. The molecule has 2 N–H and O–H groups in total. The van der Waals surface area contributed by atoms with Gasteiger partial charge in [-0.1, -0.05) is 103 Å². The van der Waals surface area contributed by atoms with Crippen LogP contribution in [0.4, 0.5) is 0 Å². The van der Waals surface area contributed by atoms with Gasteiger partial charge in [0.15, 0.2) is 0 Å². The summed E-state index contributed by atoms with van der Waals surface area (Å²) in [7, 11) is 0. The molecule has 2 heterocycles. The molecule has 2 aliphatic rings. The fraction of sp³-hybridized carbons (Fsp3) is 0.370. The van der Waals surface area contributed by atoms with Gasteiger partial charge < -0.3 is 57.4 Å². The summed E-state index contributed by atoms with van der Waals surface area (Å²) in [5, 5.41) is 4.29. The van der Waals surface area contributed by atoms with Gasteiger partial charge in [-0.3, -0.25) is 0 Å². The number of hydrogen-bond donors (Lipinski definition) is 1. The zero-order valence-electron chi connectivity index (χ0n) is 37.9. The van der Waals surface area contributed by atoms with Crippen LogP contribution in [0.3, 0.4) is 0 Å². The lowest BCUT2D eigenvalue weighted by molar-refractivity contribution is -0.686. The minimum Gasteiger partial charge on any atom is -0.491 e. The zero-order valence-corrected chi connectivity index (χ0v) is 37.9. The SMILES string of the molecule is c1ccc(C[NH2+]Cc2ccc(-c3ccc(COCc4cc5ccc4OCCOCCOCCOCCOc4cccc6c(cccc46)OCCOCCOCCOCCO5)cc3)cc2)cc1. The van der Waals surface area contributed by atoms with Crippen molar-refractivity contribution in [3.05, 3.63) is 156 Å². The predicted octanol–water partition coefficient (Wildman–Crippen LogP) is 7.82. The second-order valence-corrected chi connectivity index (χ2v) is 15.5. The van der Waals surface area contributed by atoms with E-state index in [1.807, 2.05) is 54.6 Å². The van der Waals surface area contributed by atoms with Gasteiger partial charge in [-0.2, -0.15) is 0 Å². The minimum absolute atomic E-state index is 0.341. The maximum absolute atomic E-state index is 6.24. The molecule has 0 radical (unpaired) electrons. The summed E-state index contributed by atoms with van der Waals surface area (Å²) >= 11 is 0. The third-order valence-electron chi connectivity index (χ3n) is 10.7.